The Balaban J connectivity index is 1.78. The molecule has 6 nitrogen and oxygen atoms in total. The average Bonchev–Trinajstić information content (AvgIpc) is 2.82. The fraction of sp³-hybridized carbons (Fsp3) is 0.200. The Bertz CT molecular complexity index is 1400. The van der Waals surface area contributed by atoms with E-state index in [1.165, 1.54) is 25.3 Å². The monoisotopic (exact) mass is 472 g/mol. The molecule has 4 aromatic rings. The molecule has 0 radical (unpaired) electrons. The maximum atomic E-state index is 14.0. The third kappa shape index (κ3) is 4.74. The summed E-state index contributed by atoms with van der Waals surface area (Å²) in [5, 5.41) is 1.13. The van der Waals surface area contributed by atoms with E-state index in [1.807, 2.05) is 0 Å². The van der Waals surface area contributed by atoms with Crippen LogP contribution in [0.1, 0.15) is 5.76 Å². The second-order valence-electron chi connectivity index (χ2n) is 7.32. The molecule has 176 valence electrons. The number of halogens is 3. The van der Waals surface area contributed by atoms with Gasteiger partial charge in [0, 0.05) is 13.2 Å². The van der Waals surface area contributed by atoms with Gasteiger partial charge in [0.2, 0.25) is 11.2 Å². The number of esters is 1. The lowest BCUT2D eigenvalue weighted by Crippen LogP contribution is -2.18. The predicted octanol–water partition coefficient (Wildman–Crippen LogP) is 5.20. The molecule has 1 aromatic heterocycles. The van der Waals surface area contributed by atoms with E-state index in [0.29, 0.717) is 10.8 Å². The van der Waals surface area contributed by atoms with E-state index in [9.17, 15) is 22.8 Å². The van der Waals surface area contributed by atoms with Crippen molar-refractivity contribution >= 4 is 27.7 Å². The number of fused-ring (bicyclic) bond motifs is 2. The summed E-state index contributed by atoms with van der Waals surface area (Å²) < 4.78 is 62.2. The topological polar surface area (TPSA) is 75.0 Å². The SMILES string of the molecule is COCCOC(=O)COc1ccc2c(=O)c(-c3cccc4ccccc34)c(C(F)(F)F)oc2c1. The van der Waals surface area contributed by atoms with Gasteiger partial charge in [-0.15, -0.1) is 0 Å². The summed E-state index contributed by atoms with van der Waals surface area (Å²) >= 11 is 0. The Morgan fingerprint density at radius 1 is 0.971 bits per heavy atom. The minimum atomic E-state index is -4.93. The first-order valence-corrected chi connectivity index (χ1v) is 10.2. The van der Waals surface area contributed by atoms with Crippen LogP contribution in [0.15, 0.2) is 69.9 Å². The van der Waals surface area contributed by atoms with Crippen molar-refractivity contribution in [3.63, 3.8) is 0 Å². The van der Waals surface area contributed by atoms with Crippen LogP contribution in [0.4, 0.5) is 13.2 Å². The summed E-state index contributed by atoms with van der Waals surface area (Å²) in [5.41, 5.74) is -1.57. The Morgan fingerprint density at radius 3 is 2.50 bits per heavy atom. The molecule has 34 heavy (non-hydrogen) atoms. The Hall–Kier alpha value is -3.85. The highest BCUT2D eigenvalue weighted by molar-refractivity contribution is 5.98. The lowest BCUT2D eigenvalue weighted by Gasteiger charge is -2.15. The Kier molecular flexibility index (Phi) is 6.56. The smallest absolute Gasteiger partial charge is 0.450 e. The van der Waals surface area contributed by atoms with Crippen molar-refractivity contribution in [2.45, 2.75) is 6.18 Å². The first-order chi connectivity index (χ1) is 16.3. The lowest BCUT2D eigenvalue weighted by molar-refractivity contribution is -0.152. The van der Waals surface area contributed by atoms with Gasteiger partial charge in [-0.05, 0) is 28.5 Å². The molecule has 0 aliphatic rings. The van der Waals surface area contributed by atoms with Crippen LogP contribution >= 0.6 is 0 Å². The van der Waals surface area contributed by atoms with Crippen LogP contribution in [0, 0.1) is 0 Å². The molecule has 0 saturated heterocycles. The molecule has 0 saturated carbocycles. The fourth-order valence-corrected chi connectivity index (χ4v) is 3.57. The van der Waals surface area contributed by atoms with E-state index in [1.54, 1.807) is 36.4 Å². The Morgan fingerprint density at radius 2 is 1.74 bits per heavy atom. The number of hydrogen-bond acceptors (Lipinski definition) is 6. The van der Waals surface area contributed by atoms with Gasteiger partial charge in [-0.1, -0.05) is 42.5 Å². The van der Waals surface area contributed by atoms with Crippen molar-refractivity contribution in [1.29, 1.82) is 0 Å². The summed E-state index contributed by atoms with van der Waals surface area (Å²) in [6.07, 6.45) is -4.93. The minimum absolute atomic E-state index is 0.0389. The second-order valence-corrected chi connectivity index (χ2v) is 7.32. The zero-order valence-corrected chi connectivity index (χ0v) is 18.0. The van der Waals surface area contributed by atoms with E-state index >= 15 is 0 Å². The van der Waals surface area contributed by atoms with Crippen molar-refractivity contribution in [2.24, 2.45) is 0 Å². The fourth-order valence-electron chi connectivity index (χ4n) is 3.57. The van der Waals surface area contributed by atoms with Crippen molar-refractivity contribution < 1.29 is 36.6 Å². The number of rotatable bonds is 7. The molecular formula is C25H19F3O6. The zero-order valence-electron chi connectivity index (χ0n) is 18.0. The van der Waals surface area contributed by atoms with Crippen LogP contribution in [0.25, 0.3) is 32.9 Å². The molecule has 1 heterocycles. The molecule has 0 bridgehead atoms. The predicted molar refractivity (Wildman–Crippen MR) is 119 cm³/mol. The standard InChI is InChI=1S/C25H19F3O6/c1-31-11-12-32-21(29)14-33-16-9-10-19-20(13-16)34-24(25(26,27)28)22(23(19)30)18-8-4-6-15-5-2-3-7-17(15)18/h2-10,13H,11-12,14H2,1H3. The first-order valence-electron chi connectivity index (χ1n) is 10.2. The molecule has 0 aliphatic heterocycles. The molecule has 0 spiro atoms. The molecular weight excluding hydrogens is 453 g/mol. The molecule has 9 heteroatoms. The van der Waals surface area contributed by atoms with Crippen LogP contribution in [0.5, 0.6) is 5.75 Å². The summed E-state index contributed by atoms with van der Waals surface area (Å²) in [7, 11) is 1.45. The first kappa shape index (κ1) is 23.3. The van der Waals surface area contributed by atoms with Gasteiger partial charge >= 0.3 is 12.1 Å². The Labute approximate surface area is 191 Å². The summed E-state index contributed by atoms with van der Waals surface area (Å²) in [4.78, 5) is 25.0. The number of carbonyl (C=O) groups is 1. The maximum absolute atomic E-state index is 14.0. The lowest BCUT2D eigenvalue weighted by atomic mass is 9.96. The third-order valence-corrected chi connectivity index (χ3v) is 5.09. The molecule has 3 aromatic carbocycles. The summed E-state index contributed by atoms with van der Waals surface area (Å²) in [6, 6.07) is 15.5. The number of ether oxygens (including phenoxy) is 3. The van der Waals surface area contributed by atoms with E-state index in [2.05, 4.69) is 0 Å². The van der Waals surface area contributed by atoms with E-state index in [4.69, 9.17) is 18.6 Å². The third-order valence-electron chi connectivity index (χ3n) is 5.09. The van der Waals surface area contributed by atoms with E-state index < -0.39 is 35.5 Å². The number of methoxy groups -OCH3 is 1. The number of hydrogen-bond donors (Lipinski definition) is 0. The summed E-state index contributed by atoms with van der Waals surface area (Å²) in [6.45, 7) is -0.219. The highest BCUT2D eigenvalue weighted by Gasteiger charge is 2.39. The highest BCUT2D eigenvalue weighted by atomic mass is 19.4. The molecule has 0 aliphatic carbocycles. The number of benzene rings is 3. The quantitative estimate of drug-likeness (QED) is 0.272. The number of carbonyl (C=O) groups excluding carboxylic acids is 1. The van der Waals surface area contributed by atoms with Crippen LogP contribution in [-0.4, -0.2) is 32.9 Å². The highest BCUT2D eigenvalue weighted by Crippen LogP contribution is 2.39. The van der Waals surface area contributed by atoms with Crippen LogP contribution in [0.3, 0.4) is 0 Å². The van der Waals surface area contributed by atoms with Crippen LogP contribution in [-0.2, 0) is 20.4 Å². The van der Waals surface area contributed by atoms with Crippen molar-refractivity contribution in [1.82, 2.24) is 0 Å². The molecule has 0 N–H and O–H groups in total. The maximum Gasteiger partial charge on any atom is 0.450 e. The van der Waals surface area contributed by atoms with Gasteiger partial charge < -0.3 is 18.6 Å². The van der Waals surface area contributed by atoms with Gasteiger partial charge in [-0.3, -0.25) is 4.79 Å². The normalized spacial score (nSPS) is 11.6. The van der Waals surface area contributed by atoms with E-state index in [-0.39, 0.29) is 35.5 Å². The zero-order chi connectivity index (χ0) is 24.3. The average molecular weight is 472 g/mol. The van der Waals surface area contributed by atoms with E-state index in [0.717, 1.165) is 6.07 Å². The minimum Gasteiger partial charge on any atom is -0.482 e. The molecule has 0 amide bonds. The van der Waals surface area contributed by atoms with Gasteiger partial charge in [0.15, 0.2) is 6.61 Å². The number of alkyl halides is 3. The molecule has 4 rings (SSSR count). The van der Waals surface area contributed by atoms with Crippen molar-refractivity contribution in [3.05, 3.63) is 76.6 Å². The van der Waals surface area contributed by atoms with Crippen LogP contribution in [0.2, 0.25) is 0 Å². The second kappa shape index (κ2) is 9.56. The van der Waals surface area contributed by atoms with Gasteiger partial charge in [0.05, 0.1) is 17.6 Å². The molecule has 0 atom stereocenters. The summed E-state index contributed by atoms with van der Waals surface area (Å²) in [5.74, 6) is -2.04. The van der Waals surface area contributed by atoms with Crippen molar-refractivity contribution in [3.8, 4) is 16.9 Å². The van der Waals surface area contributed by atoms with Gasteiger partial charge in [-0.2, -0.15) is 13.2 Å². The van der Waals surface area contributed by atoms with Crippen LogP contribution < -0.4 is 10.2 Å². The van der Waals surface area contributed by atoms with Gasteiger partial charge in [-0.25, -0.2) is 4.79 Å². The molecule has 0 unspecified atom stereocenters. The largest absolute Gasteiger partial charge is 0.482 e. The van der Waals surface area contributed by atoms with Crippen molar-refractivity contribution in [2.75, 3.05) is 26.9 Å². The molecule has 0 fully saturated rings. The van der Waals surface area contributed by atoms with Gasteiger partial charge in [0.25, 0.3) is 0 Å². The van der Waals surface area contributed by atoms with Gasteiger partial charge in [0.1, 0.15) is 17.9 Å².